The van der Waals surface area contributed by atoms with Gasteiger partial charge in [0.25, 0.3) is 5.91 Å². The van der Waals surface area contributed by atoms with Crippen LogP contribution in [-0.2, 0) is 4.74 Å². The summed E-state index contributed by atoms with van der Waals surface area (Å²) in [5.74, 6) is 0.0818. The predicted octanol–water partition coefficient (Wildman–Crippen LogP) is 3.02. The zero-order valence-corrected chi connectivity index (χ0v) is 12.5. The summed E-state index contributed by atoms with van der Waals surface area (Å²) in [7, 11) is 0. The largest absolute Gasteiger partial charge is 0.377 e. The smallest absolute Gasteiger partial charge is 0.254 e. The molecule has 1 fully saturated rings. The number of aryl methyl sites for hydroxylation is 1. The molecule has 1 aromatic carbocycles. The van der Waals surface area contributed by atoms with Crippen LogP contribution in [0.15, 0.2) is 24.3 Å². The van der Waals surface area contributed by atoms with E-state index in [9.17, 15) is 4.79 Å². The van der Waals surface area contributed by atoms with E-state index in [1.165, 1.54) is 0 Å². The number of morpholine rings is 1. The van der Waals surface area contributed by atoms with Crippen LogP contribution >= 0.6 is 0 Å². The number of hydrogen-bond acceptors (Lipinski definition) is 2. The van der Waals surface area contributed by atoms with Crippen LogP contribution in [0.2, 0.25) is 0 Å². The highest BCUT2D eigenvalue weighted by atomic mass is 16.5. The minimum Gasteiger partial charge on any atom is -0.377 e. The zero-order valence-electron chi connectivity index (χ0n) is 12.5. The van der Waals surface area contributed by atoms with Gasteiger partial charge in [0.2, 0.25) is 0 Å². The summed E-state index contributed by atoms with van der Waals surface area (Å²) in [4.78, 5) is 14.8. The van der Waals surface area contributed by atoms with Crippen molar-refractivity contribution < 1.29 is 9.53 Å². The van der Waals surface area contributed by atoms with Gasteiger partial charge in [-0.1, -0.05) is 17.7 Å². The average molecular weight is 261 g/mol. The molecule has 104 valence electrons. The van der Waals surface area contributed by atoms with Crippen LogP contribution in [0.4, 0.5) is 0 Å². The highest BCUT2D eigenvalue weighted by Gasteiger charge is 2.45. The van der Waals surface area contributed by atoms with Crippen molar-refractivity contribution in [2.24, 2.45) is 0 Å². The molecule has 3 heteroatoms. The van der Waals surface area contributed by atoms with Crippen LogP contribution in [-0.4, -0.2) is 35.1 Å². The van der Waals surface area contributed by atoms with Gasteiger partial charge in [-0.15, -0.1) is 0 Å². The van der Waals surface area contributed by atoms with Gasteiger partial charge >= 0.3 is 0 Å². The fourth-order valence-corrected chi connectivity index (χ4v) is 2.87. The molecule has 1 heterocycles. The quantitative estimate of drug-likeness (QED) is 0.777. The monoisotopic (exact) mass is 261 g/mol. The first kappa shape index (κ1) is 14.1. The van der Waals surface area contributed by atoms with E-state index in [1.54, 1.807) is 0 Å². The molecule has 0 radical (unpaired) electrons. The number of rotatable bonds is 1. The molecule has 0 unspecified atom stereocenters. The summed E-state index contributed by atoms with van der Waals surface area (Å²) in [6, 6.07) is 7.76. The fourth-order valence-electron chi connectivity index (χ4n) is 2.87. The van der Waals surface area contributed by atoms with Crippen molar-refractivity contribution in [2.75, 3.05) is 13.2 Å². The van der Waals surface area contributed by atoms with Gasteiger partial charge < -0.3 is 9.64 Å². The molecule has 1 amide bonds. The van der Waals surface area contributed by atoms with Crippen molar-refractivity contribution >= 4 is 5.91 Å². The Kier molecular flexibility index (Phi) is 3.43. The Morgan fingerprint density at radius 1 is 1.05 bits per heavy atom. The van der Waals surface area contributed by atoms with Crippen LogP contribution < -0.4 is 0 Å². The molecule has 0 aliphatic carbocycles. The second-order valence-corrected chi connectivity index (χ2v) is 6.62. The lowest BCUT2D eigenvalue weighted by Crippen LogP contribution is -2.65. The maximum atomic E-state index is 12.8. The molecule has 1 aromatic rings. The van der Waals surface area contributed by atoms with Crippen molar-refractivity contribution in [1.29, 1.82) is 0 Å². The molecule has 1 saturated heterocycles. The number of ether oxygens (including phenoxy) is 1. The average Bonchev–Trinajstić information content (AvgIpc) is 2.27. The van der Waals surface area contributed by atoms with Gasteiger partial charge in [0.05, 0.1) is 24.3 Å². The Balaban J connectivity index is 2.36. The SMILES string of the molecule is Cc1ccc(C(=O)N2C(C)(C)COCC2(C)C)cc1. The van der Waals surface area contributed by atoms with E-state index in [2.05, 4.69) is 27.7 Å². The molecule has 3 nitrogen and oxygen atoms in total. The molecule has 0 spiro atoms. The minimum atomic E-state index is -0.288. The van der Waals surface area contributed by atoms with Crippen molar-refractivity contribution in [2.45, 2.75) is 45.7 Å². The maximum Gasteiger partial charge on any atom is 0.254 e. The molecule has 1 aliphatic heterocycles. The summed E-state index contributed by atoms with van der Waals surface area (Å²) in [5, 5.41) is 0. The van der Waals surface area contributed by atoms with Crippen LogP contribution in [0, 0.1) is 6.92 Å². The molecule has 0 aromatic heterocycles. The van der Waals surface area contributed by atoms with Gasteiger partial charge in [0.15, 0.2) is 0 Å². The molecular weight excluding hydrogens is 238 g/mol. The molecule has 0 atom stereocenters. The van der Waals surface area contributed by atoms with E-state index in [-0.39, 0.29) is 17.0 Å². The number of nitrogens with zero attached hydrogens (tertiary/aromatic N) is 1. The Labute approximate surface area is 115 Å². The van der Waals surface area contributed by atoms with Gasteiger partial charge in [0, 0.05) is 5.56 Å². The molecule has 2 rings (SSSR count). The lowest BCUT2D eigenvalue weighted by molar-refractivity contribution is -0.104. The Bertz CT molecular complexity index is 458. The molecule has 19 heavy (non-hydrogen) atoms. The first-order chi connectivity index (χ1) is 8.74. The summed E-state index contributed by atoms with van der Waals surface area (Å²) in [6.45, 7) is 11.4. The molecule has 0 N–H and O–H groups in total. The summed E-state index contributed by atoms with van der Waals surface area (Å²) < 4.78 is 5.64. The number of hydrogen-bond donors (Lipinski definition) is 0. The van der Waals surface area contributed by atoms with Crippen molar-refractivity contribution in [3.05, 3.63) is 35.4 Å². The summed E-state index contributed by atoms with van der Waals surface area (Å²) in [5.41, 5.74) is 1.33. The van der Waals surface area contributed by atoms with Crippen LogP contribution in [0.3, 0.4) is 0 Å². The van der Waals surface area contributed by atoms with Gasteiger partial charge in [-0.25, -0.2) is 0 Å². The molecule has 0 saturated carbocycles. The van der Waals surface area contributed by atoms with Crippen LogP contribution in [0.1, 0.15) is 43.6 Å². The topological polar surface area (TPSA) is 29.5 Å². The third-order valence-electron chi connectivity index (χ3n) is 3.62. The molecule has 1 aliphatic rings. The first-order valence-electron chi connectivity index (χ1n) is 6.73. The Morgan fingerprint density at radius 2 is 1.53 bits per heavy atom. The predicted molar refractivity (Wildman–Crippen MR) is 76.3 cm³/mol. The number of benzene rings is 1. The fraction of sp³-hybridized carbons (Fsp3) is 0.562. The second kappa shape index (κ2) is 4.64. The number of amides is 1. The molecular formula is C16H23NO2. The van der Waals surface area contributed by atoms with Crippen molar-refractivity contribution in [3.8, 4) is 0 Å². The first-order valence-corrected chi connectivity index (χ1v) is 6.73. The van der Waals surface area contributed by atoms with E-state index in [0.29, 0.717) is 13.2 Å². The second-order valence-electron chi connectivity index (χ2n) is 6.62. The number of carbonyl (C=O) groups excluding carboxylic acids is 1. The van der Waals surface area contributed by atoms with E-state index in [4.69, 9.17) is 4.74 Å². The summed E-state index contributed by atoms with van der Waals surface area (Å²) >= 11 is 0. The van der Waals surface area contributed by atoms with Crippen molar-refractivity contribution in [1.82, 2.24) is 4.90 Å². The highest BCUT2D eigenvalue weighted by Crippen LogP contribution is 2.32. The Morgan fingerprint density at radius 3 is 2.00 bits per heavy atom. The molecule has 0 bridgehead atoms. The lowest BCUT2D eigenvalue weighted by Gasteiger charge is -2.52. The van der Waals surface area contributed by atoms with Crippen LogP contribution in [0.25, 0.3) is 0 Å². The standard InChI is InChI=1S/C16H23NO2/c1-12-6-8-13(9-7-12)14(18)17-15(2,3)10-19-11-16(17,4)5/h6-9H,10-11H2,1-5H3. The van der Waals surface area contributed by atoms with E-state index in [1.807, 2.05) is 36.1 Å². The van der Waals surface area contributed by atoms with Crippen molar-refractivity contribution in [3.63, 3.8) is 0 Å². The number of carbonyl (C=O) groups is 1. The third-order valence-corrected chi connectivity index (χ3v) is 3.62. The normalized spacial score (nSPS) is 21.2. The minimum absolute atomic E-state index is 0.0818. The van der Waals surface area contributed by atoms with Gasteiger partial charge in [-0.2, -0.15) is 0 Å². The van der Waals surface area contributed by atoms with E-state index >= 15 is 0 Å². The summed E-state index contributed by atoms with van der Waals surface area (Å²) in [6.07, 6.45) is 0. The van der Waals surface area contributed by atoms with E-state index in [0.717, 1.165) is 11.1 Å². The van der Waals surface area contributed by atoms with Gasteiger partial charge in [-0.05, 0) is 46.8 Å². The zero-order chi connectivity index (χ0) is 14.3. The third kappa shape index (κ3) is 2.66. The maximum absolute atomic E-state index is 12.8. The van der Waals surface area contributed by atoms with Gasteiger partial charge in [-0.3, -0.25) is 4.79 Å². The van der Waals surface area contributed by atoms with E-state index < -0.39 is 0 Å². The Hall–Kier alpha value is -1.35. The lowest BCUT2D eigenvalue weighted by atomic mass is 9.90. The van der Waals surface area contributed by atoms with Crippen LogP contribution in [0.5, 0.6) is 0 Å². The van der Waals surface area contributed by atoms with Gasteiger partial charge in [0.1, 0.15) is 0 Å². The highest BCUT2D eigenvalue weighted by molar-refractivity contribution is 5.95.